The lowest BCUT2D eigenvalue weighted by Gasteiger charge is -2.22. The van der Waals surface area contributed by atoms with E-state index in [4.69, 9.17) is 4.74 Å². The molecule has 1 aromatic carbocycles. The summed E-state index contributed by atoms with van der Waals surface area (Å²) < 4.78 is 6.60. The summed E-state index contributed by atoms with van der Waals surface area (Å²) in [6.45, 7) is 5.28. The number of aromatic nitrogens is 1. The predicted octanol–water partition coefficient (Wildman–Crippen LogP) is 4.09. The van der Waals surface area contributed by atoms with Crippen LogP contribution in [-0.4, -0.2) is 18.6 Å². The molecule has 0 bridgehead atoms. The minimum atomic E-state index is 0.138. The summed E-state index contributed by atoms with van der Waals surface area (Å²) in [5.74, 6) is 0.790. The van der Waals surface area contributed by atoms with Gasteiger partial charge in [-0.15, -0.1) is 0 Å². The molecular formula is C17H21IN2O. The van der Waals surface area contributed by atoms with Crippen molar-refractivity contribution in [2.75, 3.05) is 13.7 Å². The number of rotatable bonds is 6. The summed E-state index contributed by atoms with van der Waals surface area (Å²) in [7, 11) is 1.67. The minimum absolute atomic E-state index is 0.138. The maximum atomic E-state index is 5.31. The zero-order chi connectivity index (χ0) is 15.2. The second kappa shape index (κ2) is 7.75. The van der Waals surface area contributed by atoms with Crippen molar-refractivity contribution in [1.29, 1.82) is 0 Å². The van der Waals surface area contributed by atoms with Crippen LogP contribution in [0.3, 0.4) is 0 Å². The van der Waals surface area contributed by atoms with Crippen LogP contribution in [-0.2, 0) is 0 Å². The summed E-state index contributed by atoms with van der Waals surface area (Å²) >= 11 is 2.42. The van der Waals surface area contributed by atoms with Crippen LogP contribution in [0.4, 0.5) is 0 Å². The zero-order valence-corrected chi connectivity index (χ0v) is 14.8. The van der Waals surface area contributed by atoms with Crippen LogP contribution in [0.15, 0.2) is 36.7 Å². The molecule has 1 atom stereocenters. The maximum absolute atomic E-state index is 5.31. The summed E-state index contributed by atoms with van der Waals surface area (Å²) in [4.78, 5) is 4.29. The third-order valence-corrected chi connectivity index (χ3v) is 4.91. The highest BCUT2D eigenvalue weighted by molar-refractivity contribution is 14.1. The molecule has 3 nitrogen and oxygen atoms in total. The van der Waals surface area contributed by atoms with Crippen molar-refractivity contribution < 1.29 is 4.74 Å². The van der Waals surface area contributed by atoms with Gasteiger partial charge in [-0.05, 0) is 65.2 Å². The molecule has 2 aromatic rings. The molecule has 1 heterocycles. The van der Waals surface area contributed by atoms with E-state index < -0.39 is 0 Å². The molecule has 0 amide bonds. The number of nitrogens with zero attached hydrogens (tertiary/aromatic N) is 1. The first-order valence-electron chi connectivity index (χ1n) is 7.14. The predicted molar refractivity (Wildman–Crippen MR) is 94.8 cm³/mol. The third-order valence-electron chi connectivity index (χ3n) is 3.43. The number of aryl methyl sites for hydroxylation is 1. The summed E-state index contributed by atoms with van der Waals surface area (Å²) in [5, 5.41) is 3.62. The van der Waals surface area contributed by atoms with E-state index in [1.807, 2.05) is 6.20 Å². The molecule has 1 aromatic heterocycles. The van der Waals surface area contributed by atoms with Crippen LogP contribution in [0.1, 0.15) is 36.1 Å². The van der Waals surface area contributed by atoms with E-state index in [0.29, 0.717) is 0 Å². The quantitative estimate of drug-likeness (QED) is 0.747. The Morgan fingerprint density at radius 3 is 2.86 bits per heavy atom. The summed E-state index contributed by atoms with van der Waals surface area (Å²) in [6, 6.07) is 8.63. The van der Waals surface area contributed by atoms with E-state index in [0.717, 1.165) is 24.3 Å². The number of methoxy groups -OCH3 is 1. The van der Waals surface area contributed by atoms with Crippen molar-refractivity contribution in [1.82, 2.24) is 10.3 Å². The number of halogens is 1. The van der Waals surface area contributed by atoms with Gasteiger partial charge < -0.3 is 10.1 Å². The number of pyridine rings is 1. The van der Waals surface area contributed by atoms with Crippen LogP contribution in [0.25, 0.3) is 0 Å². The molecule has 0 fully saturated rings. The van der Waals surface area contributed by atoms with E-state index in [2.05, 4.69) is 71.0 Å². The van der Waals surface area contributed by atoms with E-state index in [1.54, 1.807) is 13.3 Å². The lowest BCUT2D eigenvalue weighted by molar-refractivity contribution is 0.411. The van der Waals surface area contributed by atoms with Crippen LogP contribution in [0.5, 0.6) is 5.75 Å². The number of nitrogens with one attached hydrogen (secondary N) is 1. The van der Waals surface area contributed by atoms with Gasteiger partial charge in [-0.3, -0.25) is 4.98 Å². The van der Waals surface area contributed by atoms with Gasteiger partial charge in [-0.2, -0.15) is 0 Å². The Kier molecular flexibility index (Phi) is 5.99. The molecular weight excluding hydrogens is 375 g/mol. The number of hydrogen-bond donors (Lipinski definition) is 1. The molecule has 2 rings (SSSR count). The Morgan fingerprint density at radius 1 is 1.33 bits per heavy atom. The summed E-state index contributed by atoms with van der Waals surface area (Å²) in [5.41, 5.74) is 3.72. The third kappa shape index (κ3) is 3.95. The van der Waals surface area contributed by atoms with Gasteiger partial charge in [0.25, 0.3) is 0 Å². The van der Waals surface area contributed by atoms with Crippen molar-refractivity contribution in [3.63, 3.8) is 0 Å². The molecule has 0 aliphatic carbocycles. The fraction of sp³-hybridized carbons (Fsp3) is 0.353. The highest BCUT2D eigenvalue weighted by Crippen LogP contribution is 2.29. The van der Waals surface area contributed by atoms with E-state index in [9.17, 15) is 0 Å². The average molecular weight is 396 g/mol. The molecule has 0 radical (unpaired) electrons. The van der Waals surface area contributed by atoms with Gasteiger partial charge in [0.2, 0.25) is 0 Å². The number of ether oxygens (including phenoxy) is 1. The summed E-state index contributed by atoms with van der Waals surface area (Å²) in [6.07, 6.45) is 4.74. The van der Waals surface area contributed by atoms with Gasteiger partial charge in [0, 0.05) is 9.77 Å². The first kappa shape index (κ1) is 16.2. The lowest BCUT2D eigenvalue weighted by Crippen LogP contribution is -2.24. The van der Waals surface area contributed by atoms with Crippen molar-refractivity contribution >= 4 is 22.6 Å². The Morgan fingerprint density at radius 2 is 2.14 bits per heavy atom. The lowest BCUT2D eigenvalue weighted by atomic mass is 9.98. The highest BCUT2D eigenvalue weighted by Gasteiger charge is 2.17. The molecule has 4 heteroatoms. The molecule has 1 unspecified atom stereocenters. The molecule has 0 spiro atoms. The van der Waals surface area contributed by atoms with Crippen LogP contribution in [0.2, 0.25) is 0 Å². The largest absolute Gasteiger partial charge is 0.495 e. The average Bonchev–Trinajstić information content (AvgIpc) is 2.52. The normalized spacial score (nSPS) is 12.2. The van der Waals surface area contributed by atoms with E-state index in [-0.39, 0.29) is 6.04 Å². The van der Waals surface area contributed by atoms with Gasteiger partial charge in [0.05, 0.1) is 19.3 Å². The first-order chi connectivity index (χ1) is 10.2. The number of benzene rings is 1. The second-order valence-electron chi connectivity index (χ2n) is 5.02. The Bertz CT molecular complexity index is 601. The standard InChI is InChI=1S/C17H21IN2O/c1-4-8-20-17(13-9-14(21-3)11-19-10-13)15-7-5-6-12(2)16(15)18/h5-7,9-11,17,20H,4,8H2,1-3H3. The Labute approximate surface area is 140 Å². The second-order valence-corrected chi connectivity index (χ2v) is 6.10. The van der Waals surface area contributed by atoms with Crippen LogP contribution < -0.4 is 10.1 Å². The smallest absolute Gasteiger partial charge is 0.137 e. The molecule has 21 heavy (non-hydrogen) atoms. The Balaban J connectivity index is 2.44. The first-order valence-corrected chi connectivity index (χ1v) is 8.22. The van der Waals surface area contributed by atoms with E-state index in [1.165, 1.54) is 14.7 Å². The SMILES string of the molecule is CCCNC(c1cncc(OC)c1)c1cccc(C)c1I. The van der Waals surface area contributed by atoms with Gasteiger partial charge in [-0.1, -0.05) is 25.1 Å². The molecule has 0 aliphatic rings. The van der Waals surface area contributed by atoms with Crippen molar-refractivity contribution in [2.24, 2.45) is 0 Å². The van der Waals surface area contributed by atoms with Gasteiger partial charge in [-0.25, -0.2) is 0 Å². The fourth-order valence-corrected chi connectivity index (χ4v) is 2.97. The van der Waals surface area contributed by atoms with Crippen molar-refractivity contribution in [2.45, 2.75) is 26.3 Å². The zero-order valence-electron chi connectivity index (χ0n) is 12.7. The fourth-order valence-electron chi connectivity index (χ4n) is 2.29. The van der Waals surface area contributed by atoms with Crippen molar-refractivity contribution in [3.05, 3.63) is 56.9 Å². The monoisotopic (exact) mass is 396 g/mol. The molecule has 0 saturated carbocycles. The van der Waals surface area contributed by atoms with Gasteiger partial charge in [0.15, 0.2) is 0 Å². The molecule has 112 valence electrons. The van der Waals surface area contributed by atoms with E-state index >= 15 is 0 Å². The van der Waals surface area contributed by atoms with Crippen LogP contribution in [0, 0.1) is 10.5 Å². The Hall–Kier alpha value is -1.14. The van der Waals surface area contributed by atoms with Crippen LogP contribution >= 0.6 is 22.6 Å². The van der Waals surface area contributed by atoms with Crippen molar-refractivity contribution in [3.8, 4) is 5.75 Å². The van der Waals surface area contributed by atoms with Gasteiger partial charge in [0.1, 0.15) is 5.75 Å². The molecule has 1 N–H and O–H groups in total. The van der Waals surface area contributed by atoms with Gasteiger partial charge >= 0.3 is 0 Å². The maximum Gasteiger partial charge on any atom is 0.137 e. The minimum Gasteiger partial charge on any atom is -0.495 e. The highest BCUT2D eigenvalue weighted by atomic mass is 127. The molecule has 0 saturated heterocycles. The number of hydrogen-bond acceptors (Lipinski definition) is 3. The topological polar surface area (TPSA) is 34.2 Å². The molecule has 0 aliphatic heterocycles.